The number of sulfonamides is 1. The summed E-state index contributed by atoms with van der Waals surface area (Å²) >= 11 is 5.67. The van der Waals surface area contributed by atoms with E-state index < -0.39 is 27.7 Å². The van der Waals surface area contributed by atoms with E-state index in [0.29, 0.717) is 31.7 Å². The molecule has 11 heteroatoms. The summed E-state index contributed by atoms with van der Waals surface area (Å²) in [6.07, 6.45) is -4.14. The van der Waals surface area contributed by atoms with Gasteiger partial charge < -0.3 is 10.2 Å². The minimum absolute atomic E-state index is 0.0840. The number of alkyl halides is 3. The summed E-state index contributed by atoms with van der Waals surface area (Å²) in [7, 11) is -3.61. The molecule has 0 bridgehead atoms. The highest BCUT2D eigenvalue weighted by Crippen LogP contribution is 2.37. The van der Waals surface area contributed by atoms with E-state index in [4.69, 9.17) is 11.6 Å². The predicted octanol–water partition coefficient (Wildman–Crippen LogP) is 4.39. The van der Waals surface area contributed by atoms with Crippen molar-refractivity contribution in [1.29, 1.82) is 0 Å². The van der Waals surface area contributed by atoms with Crippen molar-refractivity contribution in [2.75, 3.05) is 36.4 Å². The number of anilines is 2. The molecule has 0 atom stereocenters. The summed E-state index contributed by atoms with van der Waals surface area (Å²) in [6, 6.07) is 7.88. The van der Waals surface area contributed by atoms with E-state index in [2.05, 4.69) is 5.32 Å². The first kappa shape index (κ1) is 24.3. The van der Waals surface area contributed by atoms with Crippen LogP contribution >= 0.6 is 11.6 Å². The van der Waals surface area contributed by atoms with Gasteiger partial charge in [0.2, 0.25) is 15.9 Å². The van der Waals surface area contributed by atoms with Gasteiger partial charge in [-0.05, 0) is 48.4 Å². The zero-order valence-corrected chi connectivity index (χ0v) is 19.1. The number of hydrogen-bond acceptors (Lipinski definition) is 4. The van der Waals surface area contributed by atoms with Crippen LogP contribution in [0.4, 0.5) is 24.5 Å². The molecule has 174 valence electrons. The van der Waals surface area contributed by atoms with E-state index in [-0.39, 0.29) is 22.2 Å². The summed E-state index contributed by atoms with van der Waals surface area (Å²) in [5.74, 6) is -0.620. The van der Waals surface area contributed by atoms with Gasteiger partial charge in [0, 0.05) is 30.3 Å². The highest BCUT2D eigenvalue weighted by atomic mass is 35.5. The van der Waals surface area contributed by atoms with Crippen LogP contribution in [-0.2, 0) is 27.4 Å². The molecule has 6 nitrogen and oxygen atoms in total. The minimum Gasteiger partial charge on any atom is -0.362 e. The normalized spacial score (nSPS) is 14.0. The molecule has 0 saturated heterocycles. The third kappa shape index (κ3) is 5.02. The molecular formula is C21H23ClF3N3O3S. The van der Waals surface area contributed by atoms with Crippen molar-refractivity contribution in [2.45, 2.75) is 31.3 Å². The van der Waals surface area contributed by atoms with Crippen molar-refractivity contribution in [1.82, 2.24) is 4.31 Å². The SMILES string of the molecule is CCN(CC)S(=O)(=O)c1ccc2c(c1)CCN2CC(=O)Nc1ccc(Cl)cc1C(F)(F)F. The smallest absolute Gasteiger partial charge is 0.362 e. The average Bonchev–Trinajstić information content (AvgIpc) is 3.11. The lowest BCUT2D eigenvalue weighted by molar-refractivity contribution is -0.137. The van der Waals surface area contributed by atoms with Crippen LogP contribution in [0.5, 0.6) is 0 Å². The maximum atomic E-state index is 13.3. The van der Waals surface area contributed by atoms with Gasteiger partial charge in [0.05, 0.1) is 22.7 Å². The van der Waals surface area contributed by atoms with Crippen LogP contribution in [0, 0.1) is 0 Å². The average molecular weight is 490 g/mol. The standard InChI is InChI=1S/C21H23ClF3N3O3S/c1-3-28(4-2)32(30,31)16-6-8-19-14(11-16)9-10-27(19)13-20(29)26-18-7-5-15(22)12-17(18)21(23,24)25/h5-8,11-12H,3-4,9-10,13H2,1-2H3,(H,26,29). The Bertz CT molecular complexity index is 1120. The number of benzene rings is 2. The first-order valence-electron chi connectivity index (χ1n) is 10.0. The Labute approximate surface area is 190 Å². The monoisotopic (exact) mass is 489 g/mol. The van der Waals surface area contributed by atoms with Crippen molar-refractivity contribution >= 4 is 38.9 Å². The molecule has 1 N–H and O–H groups in total. The Morgan fingerprint density at radius 1 is 1.16 bits per heavy atom. The van der Waals surface area contributed by atoms with Crippen molar-refractivity contribution in [3.63, 3.8) is 0 Å². The number of carbonyl (C=O) groups is 1. The largest absolute Gasteiger partial charge is 0.418 e. The summed E-state index contributed by atoms with van der Waals surface area (Å²) in [4.78, 5) is 14.4. The molecule has 1 aliphatic rings. The van der Waals surface area contributed by atoms with Gasteiger partial charge in [0.1, 0.15) is 0 Å². The maximum Gasteiger partial charge on any atom is 0.418 e. The number of hydrogen-bond donors (Lipinski definition) is 1. The van der Waals surface area contributed by atoms with Crippen molar-refractivity contribution in [3.05, 3.63) is 52.5 Å². The molecule has 0 unspecified atom stereocenters. The maximum absolute atomic E-state index is 13.3. The Balaban J connectivity index is 1.77. The molecule has 0 aliphatic carbocycles. The zero-order valence-electron chi connectivity index (χ0n) is 17.5. The second-order valence-electron chi connectivity index (χ2n) is 7.29. The predicted molar refractivity (Wildman–Crippen MR) is 118 cm³/mol. The number of carbonyl (C=O) groups excluding carboxylic acids is 1. The number of fused-ring (bicyclic) bond motifs is 1. The van der Waals surface area contributed by atoms with Crippen LogP contribution in [-0.4, -0.2) is 44.8 Å². The Morgan fingerprint density at radius 3 is 2.47 bits per heavy atom. The molecule has 1 amide bonds. The van der Waals surface area contributed by atoms with Crippen LogP contribution in [0.25, 0.3) is 0 Å². The molecule has 0 saturated carbocycles. The fourth-order valence-corrected chi connectivity index (χ4v) is 5.39. The van der Waals surface area contributed by atoms with E-state index in [1.54, 1.807) is 30.9 Å². The van der Waals surface area contributed by atoms with E-state index in [1.807, 2.05) is 0 Å². The fourth-order valence-electron chi connectivity index (χ4n) is 3.71. The van der Waals surface area contributed by atoms with Gasteiger partial charge >= 0.3 is 6.18 Å². The summed E-state index contributed by atoms with van der Waals surface area (Å²) < 4.78 is 66.6. The lowest BCUT2D eigenvalue weighted by Gasteiger charge is -2.21. The third-order valence-corrected chi connectivity index (χ3v) is 7.56. The summed E-state index contributed by atoms with van der Waals surface area (Å²) in [5.41, 5.74) is 0.0673. The first-order valence-corrected chi connectivity index (χ1v) is 11.8. The molecule has 3 rings (SSSR count). The van der Waals surface area contributed by atoms with Gasteiger partial charge in [-0.2, -0.15) is 17.5 Å². The van der Waals surface area contributed by atoms with Crippen LogP contribution in [0.2, 0.25) is 5.02 Å². The Hall–Kier alpha value is -2.30. The molecule has 0 radical (unpaired) electrons. The van der Waals surface area contributed by atoms with Crippen LogP contribution in [0.1, 0.15) is 25.0 Å². The summed E-state index contributed by atoms with van der Waals surface area (Å²) in [5, 5.41) is 2.22. The highest BCUT2D eigenvalue weighted by Gasteiger charge is 2.34. The van der Waals surface area contributed by atoms with Gasteiger partial charge in [-0.15, -0.1) is 0 Å². The molecule has 0 spiro atoms. The number of nitrogens with one attached hydrogen (secondary N) is 1. The molecular weight excluding hydrogens is 467 g/mol. The Kier molecular flexibility index (Phi) is 7.06. The van der Waals surface area contributed by atoms with Gasteiger partial charge in [0.25, 0.3) is 0 Å². The topological polar surface area (TPSA) is 69.7 Å². The number of rotatable bonds is 7. The van der Waals surface area contributed by atoms with E-state index in [1.165, 1.54) is 16.4 Å². The second-order valence-corrected chi connectivity index (χ2v) is 9.66. The van der Waals surface area contributed by atoms with Gasteiger partial charge in [0.15, 0.2) is 0 Å². The van der Waals surface area contributed by atoms with E-state index in [0.717, 1.165) is 17.7 Å². The Morgan fingerprint density at radius 2 is 1.84 bits per heavy atom. The third-order valence-electron chi connectivity index (χ3n) is 5.28. The van der Waals surface area contributed by atoms with Gasteiger partial charge in [-0.3, -0.25) is 4.79 Å². The lowest BCUT2D eigenvalue weighted by Crippen LogP contribution is -2.32. The van der Waals surface area contributed by atoms with Crippen LogP contribution < -0.4 is 10.2 Å². The summed E-state index contributed by atoms with van der Waals surface area (Å²) in [6.45, 7) is 4.51. The van der Waals surface area contributed by atoms with Crippen LogP contribution in [0.3, 0.4) is 0 Å². The number of halogens is 4. The molecule has 2 aromatic rings. The molecule has 0 aromatic heterocycles. The fraction of sp³-hybridized carbons (Fsp3) is 0.381. The van der Waals surface area contributed by atoms with Gasteiger partial charge in [-0.1, -0.05) is 25.4 Å². The van der Waals surface area contributed by atoms with Crippen molar-refractivity contribution in [3.8, 4) is 0 Å². The number of nitrogens with zero attached hydrogens (tertiary/aromatic N) is 2. The minimum atomic E-state index is -4.67. The van der Waals surface area contributed by atoms with Gasteiger partial charge in [-0.25, -0.2) is 8.42 Å². The van der Waals surface area contributed by atoms with E-state index >= 15 is 0 Å². The first-order chi connectivity index (χ1) is 15.0. The molecule has 2 aromatic carbocycles. The zero-order chi connectivity index (χ0) is 23.7. The molecule has 1 heterocycles. The lowest BCUT2D eigenvalue weighted by atomic mass is 10.1. The number of amides is 1. The highest BCUT2D eigenvalue weighted by molar-refractivity contribution is 7.89. The molecule has 32 heavy (non-hydrogen) atoms. The van der Waals surface area contributed by atoms with Crippen LogP contribution in [0.15, 0.2) is 41.3 Å². The van der Waals surface area contributed by atoms with E-state index in [9.17, 15) is 26.4 Å². The quantitative estimate of drug-likeness (QED) is 0.626. The molecule has 1 aliphatic heterocycles. The second kappa shape index (κ2) is 9.29. The molecule has 0 fully saturated rings. The van der Waals surface area contributed by atoms with Crippen molar-refractivity contribution in [2.24, 2.45) is 0 Å². The van der Waals surface area contributed by atoms with Crippen molar-refractivity contribution < 1.29 is 26.4 Å².